The van der Waals surface area contributed by atoms with Gasteiger partial charge in [0.15, 0.2) is 9.84 Å². The van der Waals surface area contributed by atoms with Crippen LogP contribution in [-0.2, 0) is 16.3 Å². The summed E-state index contributed by atoms with van der Waals surface area (Å²) in [4.78, 5) is 0.533. The zero-order valence-corrected chi connectivity index (χ0v) is 9.57. The molecule has 1 aromatic carbocycles. The summed E-state index contributed by atoms with van der Waals surface area (Å²) in [5.41, 5.74) is 0.971. The van der Waals surface area contributed by atoms with Crippen LogP contribution >= 0.6 is 11.8 Å². The second-order valence-electron chi connectivity index (χ2n) is 3.24. The highest BCUT2D eigenvalue weighted by molar-refractivity contribution is 8.13. The maximum atomic E-state index is 12.0. The van der Waals surface area contributed by atoms with Gasteiger partial charge in [-0.3, -0.25) is 0 Å². The van der Waals surface area contributed by atoms with Crippen molar-refractivity contribution in [2.45, 2.75) is 22.8 Å². The van der Waals surface area contributed by atoms with Gasteiger partial charge in [0, 0.05) is 6.42 Å². The van der Waals surface area contributed by atoms with E-state index in [4.69, 9.17) is 0 Å². The van der Waals surface area contributed by atoms with Crippen LogP contribution in [0.15, 0.2) is 29.2 Å². The molecule has 4 heteroatoms. The highest BCUT2D eigenvalue weighted by Gasteiger charge is 2.36. The zero-order valence-electron chi connectivity index (χ0n) is 7.93. The van der Waals surface area contributed by atoms with Crippen LogP contribution in [0.1, 0.15) is 12.5 Å². The Kier molecular flexibility index (Phi) is 2.58. The van der Waals surface area contributed by atoms with Crippen molar-refractivity contribution in [2.24, 2.45) is 0 Å². The molecule has 0 aromatic heterocycles. The van der Waals surface area contributed by atoms with Crippen LogP contribution in [0.5, 0.6) is 0 Å². The van der Waals surface area contributed by atoms with E-state index < -0.39 is 9.84 Å². The van der Waals surface area contributed by atoms with Crippen molar-refractivity contribution in [1.82, 2.24) is 0 Å². The Morgan fingerprint density at radius 1 is 1.43 bits per heavy atom. The van der Waals surface area contributed by atoms with Crippen LogP contribution < -0.4 is 0 Å². The van der Waals surface area contributed by atoms with Crippen LogP contribution in [0.3, 0.4) is 0 Å². The van der Waals surface area contributed by atoms with E-state index in [2.05, 4.69) is 0 Å². The third-order valence-corrected chi connectivity index (χ3v) is 6.27. The second kappa shape index (κ2) is 3.59. The van der Waals surface area contributed by atoms with Gasteiger partial charge >= 0.3 is 0 Å². The molecule has 1 atom stereocenters. The summed E-state index contributed by atoms with van der Waals surface area (Å²) >= 11 is 1.51. The molecule has 0 N–H and O–H groups in total. The molecule has 14 heavy (non-hydrogen) atoms. The standard InChI is InChI=1S/C10H12O2S2/c1-2-13-10-7-8-5-3-4-6-9(8)14(10,11)12/h3-6,10H,2,7H2,1H3. The maximum absolute atomic E-state index is 12.0. The number of rotatable bonds is 2. The molecule has 1 aromatic rings. The molecule has 0 saturated carbocycles. The van der Waals surface area contributed by atoms with Gasteiger partial charge < -0.3 is 0 Å². The van der Waals surface area contributed by atoms with Crippen LogP contribution in [0.4, 0.5) is 0 Å². The molecule has 2 nitrogen and oxygen atoms in total. The Labute approximate surface area is 88.6 Å². The Hall–Kier alpha value is -0.480. The Morgan fingerprint density at radius 2 is 2.14 bits per heavy atom. The van der Waals surface area contributed by atoms with Crippen molar-refractivity contribution in [3.8, 4) is 0 Å². The minimum atomic E-state index is -3.05. The number of thioether (sulfide) groups is 1. The van der Waals surface area contributed by atoms with Gasteiger partial charge in [0.2, 0.25) is 0 Å². The summed E-state index contributed by atoms with van der Waals surface area (Å²) in [5, 5.41) is 0. The zero-order chi connectivity index (χ0) is 10.2. The molecule has 1 unspecified atom stereocenters. The lowest BCUT2D eigenvalue weighted by molar-refractivity contribution is 0.598. The van der Waals surface area contributed by atoms with Crippen molar-refractivity contribution in [3.05, 3.63) is 29.8 Å². The average molecular weight is 228 g/mol. The minimum Gasteiger partial charge on any atom is -0.223 e. The summed E-state index contributed by atoms with van der Waals surface area (Å²) in [6.07, 6.45) is 0.664. The third kappa shape index (κ3) is 1.46. The normalized spacial score (nSPS) is 23.4. The van der Waals surface area contributed by atoms with Crippen LogP contribution in [-0.4, -0.2) is 18.8 Å². The molecule has 76 valence electrons. The monoisotopic (exact) mass is 228 g/mol. The number of hydrogen-bond donors (Lipinski definition) is 0. The second-order valence-corrected chi connectivity index (χ2v) is 7.12. The number of benzene rings is 1. The quantitative estimate of drug-likeness (QED) is 0.777. The fourth-order valence-electron chi connectivity index (χ4n) is 1.72. The van der Waals surface area contributed by atoms with Gasteiger partial charge in [0.25, 0.3) is 0 Å². The van der Waals surface area contributed by atoms with Gasteiger partial charge in [-0.05, 0) is 17.4 Å². The van der Waals surface area contributed by atoms with E-state index in [0.29, 0.717) is 11.3 Å². The predicted molar refractivity (Wildman–Crippen MR) is 59.3 cm³/mol. The molecular formula is C10H12O2S2. The first-order valence-corrected chi connectivity index (χ1v) is 7.19. The molecule has 0 amide bonds. The number of fused-ring (bicyclic) bond motifs is 1. The predicted octanol–water partition coefficient (Wildman–Crippen LogP) is 2.10. The highest BCUT2D eigenvalue weighted by Crippen LogP contribution is 2.36. The summed E-state index contributed by atoms with van der Waals surface area (Å²) in [5.74, 6) is 0.845. The number of sulfone groups is 1. The van der Waals surface area contributed by atoms with Gasteiger partial charge in [-0.25, -0.2) is 8.42 Å². The van der Waals surface area contributed by atoms with E-state index in [1.54, 1.807) is 12.1 Å². The fourth-order valence-corrected chi connectivity index (χ4v) is 5.29. The van der Waals surface area contributed by atoms with Gasteiger partial charge in [0.05, 0.1) is 4.90 Å². The lowest BCUT2D eigenvalue weighted by Gasteiger charge is -2.06. The molecule has 2 rings (SSSR count). The first-order valence-electron chi connectivity index (χ1n) is 4.59. The van der Waals surface area contributed by atoms with Crippen molar-refractivity contribution in [1.29, 1.82) is 0 Å². The Balaban J connectivity index is 2.46. The van der Waals surface area contributed by atoms with Crippen LogP contribution in [0.2, 0.25) is 0 Å². The van der Waals surface area contributed by atoms with E-state index in [9.17, 15) is 8.42 Å². The Bertz CT molecular complexity index is 437. The van der Waals surface area contributed by atoms with Crippen molar-refractivity contribution >= 4 is 21.6 Å². The van der Waals surface area contributed by atoms with E-state index in [1.807, 2.05) is 19.1 Å². The number of hydrogen-bond acceptors (Lipinski definition) is 3. The van der Waals surface area contributed by atoms with Gasteiger partial charge in [-0.2, -0.15) is 0 Å². The highest BCUT2D eigenvalue weighted by atomic mass is 32.3. The molecule has 0 aliphatic carbocycles. The molecule has 1 heterocycles. The Morgan fingerprint density at radius 3 is 2.79 bits per heavy atom. The fraction of sp³-hybridized carbons (Fsp3) is 0.400. The molecule has 0 saturated heterocycles. The summed E-state index contributed by atoms with van der Waals surface area (Å²) < 4.78 is 23.6. The summed E-state index contributed by atoms with van der Waals surface area (Å²) in [6, 6.07) is 7.30. The average Bonchev–Trinajstić information content (AvgIpc) is 2.41. The smallest absolute Gasteiger partial charge is 0.191 e. The lowest BCUT2D eigenvalue weighted by Crippen LogP contribution is -2.12. The minimum absolute atomic E-state index is 0.259. The maximum Gasteiger partial charge on any atom is 0.191 e. The van der Waals surface area contributed by atoms with E-state index >= 15 is 0 Å². The van der Waals surface area contributed by atoms with Gasteiger partial charge in [-0.1, -0.05) is 25.1 Å². The third-order valence-electron chi connectivity index (χ3n) is 2.36. The van der Waals surface area contributed by atoms with E-state index in [0.717, 1.165) is 11.3 Å². The van der Waals surface area contributed by atoms with Crippen molar-refractivity contribution < 1.29 is 8.42 Å². The van der Waals surface area contributed by atoms with E-state index in [-0.39, 0.29) is 4.58 Å². The topological polar surface area (TPSA) is 34.1 Å². The lowest BCUT2D eigenvalue weighted by atomic mass is 10.2. The summed E-state index contributed by atoms with van der Waals surface area (Å²) in [6.45, 7) is 1.99. The molecule has 0 spiro atoms. The molecule has 1 aliphatic heterocycles. The molecule has 0 radical (unpaired) electrons. The van der Waals surface area contributed by atoms with Crippen molar-refractivity contribution in [2.75, 3.05) is 5.75 Å². The van der Waals surface area contributed by atoms with Gasteiger partial charge in [0.1, 0.15) is 4.58 Å². The first-order chi connectivity index (χ1) is 6.66. The van der Waals surface area contributed by atoms with Crippen LogP contribution in [0, 0.1) is 0 Å². The van der Waals surface area contributed by atoms with Gasteiger partial charge in [-0.15, -0.1) is 11.8 Å². The summed E-state index contributed by atoms with van der Waals surface area (Å²) in [7, 11) is -3.05. The molecule has 0 bridgehead atoms. The van der Waals surface area contributed by atoms with Crippen molar-refractivity contribution in [3.63, 3.8) is 0 Å². The first kappa shape index (κ1) is 10.1. The van der Waals surface area contributed by atoms with E-state index in [1.165, 1.54) is 11.8 Å². The SMILES string of the molecule is CCSC1Cc2ccccc2S1(=O)=O. The molecule has 1 aliphatic rings. The largest absolute Gasteiger partial charge is 0.223 e. The van der Waals surface area contributed by atoms with Crippen LogP contribution in [0.25, 0.3) is 0 Å². The molecular weight excluding hydrogens is 216 g/mol. The molecule has 0 fully saturated rings.